The van der Waals surface area contributed by atoms with Gasteiger partial charge in [0.25, 0.3) is 0 Å². The van der Waals surface area contributed by atoms with Crippen molar-refractivity contribution in [1.29, 1.82) is 0 Å². The lowest BCUT2D eigenvalue weighted by atomic mass is 9.86. The number of hydrogen-bond donors (Lipinski definition) is 1. The van der Waals surface area contributed by atoms with Gasteiger partial charge in [-0.25, -0.2) is 0 Å². The summed E-state index contributed by atoms with van der Waals surface area (Å²) in [7, 11) is 2.25. The number of nitrogens with one attached hydrogen (secondary N) is 1. The summed E-state index contributed by atoms with van der Waals surface area (Å²) in [4.78, 5) is 2.46. The van der Waals surface area contributed by atoms with E-state index in [1.54, 1.807) is 0 Å². The molecule has 0 aromatic rings. The van der Waals surface area contributed by atoms with Crippen LogP contribution in [0.25, 0.3) is 0 Å². The highest BCUT2D eigenvalue weighted by Gasteiger charge is 2.22. The minimum atomic E-state index is 0.724. The van der Waals surface area contributed by atoms with E-state index in [1.165, 1.54) is 71.0 Å². The maximum Gasteiger partial charge on any atom is 0.00679 e. The lowest BCUT2D eigenvalue weighted by Gasteiger charge is -2.33. The summed E-state index contributed by atoms with van der Waals surface area (Å²) in [6.45, 7) is 6.23. The van der Waals surface area contributed by atoms with Gasteiger partial charge in [-0.15, -0.1) is 0 Å². The van der Waals surface area contributed by atoms with Crippen LogP contribution in [0.1, 0.15) is 58.3 Å². The molecule has 0 aromatic carbocycles. The Balaban J connectivity index is 1.57. The number of hydrogen-bond acceptors (Lipinski definition) is 2. The molecule has 1 atom stereocenters. The number of rotatable bonds is 5. The molecular formula is C16H32N2. The molecular weight excluding hydrogens is 220 g/mol. The van der Waals surface area contributed by atoms with Crippen molar-refractivity contribution in [1.82, 2.24) is 10.2 Å². The summed E-state index contributed by atoms with van der Waals surface area (Å²) in [6, 6.07) is 0.724. The molecule has 0 aromatic heterocycles. The summed E-state index contributed by atoms with van der Waals surface area (Å²) in [6.07, 6.45) is 11.6. The van der Waals surface area contributed by atoms with E-state index in [2.05, 4.69) is 24.2 Å². The monoisotopic (exact) mass is 252 g/mol. The fourth-order valence-corrected chi connectivity index (χ4v) is 3.69. The molecule has 18 heavy (non-hydrogen) atoms. The fraction of sp³-hybridized carbons (Fsp3) is 1.00. The molecule has 0 spiro atoms. The van der Waals surface area contributed by atoms with E-state index < -0.39 is 0 Å². The normalized spacial score (nSPS) is 26.3. The second-order valence-electron chi connectivity index (χ2n) is 6.68. The molecule has 0 amide bonds. The first kappa shape index (κ1) is 14.3. The van der Waals surface area contributed by atoms with Gasteiger partial charge in [0.1, 0.15) is 0 Å². The highest BCUT2D eigenvalue weighted by Crippen LogP contribution is 2.26. The second-order valence-corrected chi connectivity index (χ2v) is 6.68. The number of nitrogens with zero attached hydrogens (tertiary/aromatic N) is 1. The van der Waals surface area contributed by atoms with Gasteiger partial charge in [-0.1, -0.05) is 32.1 Å². The van der Waals surface area contributed by atoms with Crippen molar-refractivity contribution in [3.05, 3.63) is 0 Å². The quantitative estimate of drug-likeness (QED) is 0.808. The van der Waals surface area contributed by atoms with E-state index >= 15 is 0 Å². The van der Waals surface area contributed by atoms with Gasteiger partial charge >= 0.3 is 0 Å². The van der Waals surface area contributed by atoms with Crippen LogP contribution in [0.3, 0.4) is 0 Å². The van der Waals surface area contributed by atoms with Crippen molar-refractivity contribution in [2.24, 2.45) is 11.8 Å². The fourth-order valence-electron chi connectivity index (χ4n) is 3.69. The van der Waals surface area contributed by atoms with Crippen LogP contribution in [0, 0.1) is 11.8 Å². The summed E-state index contributed by atoms with van der Waals surface area (Å²) in [5.74, 6) is 1.93. The summed E-state index contributed by atoms with van der Waals surface area (Å²) in [5.41, 5.74) is 0. The maximum atomic E-state index is 3.80. The molecule has 2 rings (SSSR count). The standard InChI is InChI=1S/C16H32N2/c1-14(16-9-12-18(2)13-10-16)17-11-8-15-6-4-3-5-7-15/h14-17H,3-13H2,1-2H3. The van der Waals surface area contributed by atoms with Crippen LogP contribution in [0.4, 0.5) is 0 Å². The van der Waals surface area contributed by atoms with E-state index in [-0.39, 0.29) is 0 Å². The Morgan fingerprint density at radius 2 is 1.72 bits per heavy atom. The zero-order valence-electron chi connectivity index (χ0n) is 12.5. The minimum Gasteiger partial charge on any atom is -0.314 e. The van der Waals surface area contributed by atoms with Gasteiger partial charge in [-0.2, -0.15) is 0 Å². The Kier molecular flexibility index (Phi) is 5.97. The predicted octanol–water partition coefficient (Wildman–Crippen LogP) is 3.28. The molecule has 1 aliphatic carbocycles. The van der Waals surface area contributed by atoms with Gasteiger partial charge in [0.05, 0.1) is 0 Å². The molecule has 2 nitrogen and oxygen atoms in total. The molecule has 1 heterocycles. The molecule has 1 aliphatic heterocycles. The average molecular weight is 252 g/mol. The molecule has 106 valence electrons. The minimum absolute atomic E-state index is 0.724. The lowest BCUT2D eigenvalue weighted by Crippen LogP contribution is -2.41. The Labute approximate surface area is 114 Å². The Bertz CT molecular complexity index is 215. The van der Waals surface area contributed by atoms with Gasteiger partial charge in [-0.3, -0.25) is 0 Å². The second kappa shape index (κ2) is 7.49. The van der Waals surface area contributed by atoms with Gasteiger partial charge in [0, 0.05) is 6.04 Å². The molecule has 2 aliphatic rings. The summed E-state index contributed by atoms with van der Waals surface area (Å²) >= 11 is 0. The number of likely N-dealkylation sites (tertiary alicyclic amines) is 1. The first-order valence-electron chi connectivity index (χ1n) is 8.17. The van der Waals surface area contributed by atoms with Crippen LogP contribution in [0.2, 0.25) is 0 Å². The van der Waals surface area contributed by atoms with Gasteiger partial charge in [0.15, 0.2) is 0 Å². The van der Waals surface area contributed by atoms with E-state index in [4.69, 9.17) is 0 Å². The highest BCUT2D eigenvalue weighted by molar-refractivity contribution is 4.78. The van der Waals surface area contributed by atoms with Gasteiger partial charge in [-0.05, 0) is 64.7 Å². The van der Waals surface area contributed by atoms with Crippen LogP contribution in [0.5, 0.6) is 0 Å². The maximum absolute atomic E-state index is 3.80. The van der Waals surface area contributed by atoms with Gasteiger partial charge in [0.2, 0.25) is 0 Å². The lowest BCUT2D eigenvalue weighted by molar-refractivity contribution is 0.188. The molecule has 2 heteroatoms. The summed E-state index contributed by atoms with van der Waals surface area (Å²) in [5, 5.41) is 3.80. The largest absolute Gasteiger partial charge is 0.314 e. The molecule has 1 unspecified atom stereocenters. The van der Waals surface area contributed by atoms with E-state index in [0.717, 1.165) is 17.9 Å². The van der Waals surface area contributed by atoms with Crippen molar-refractivity contribution < 1.29 is 0 Å². The SMILES string of the molecule is CC(NCCC1CCCCC1)C1CCN(C)CC1. The average Bonchev–Trinajstić information content (AvgIpc) is 2.40. The third-order valence-corrected chi connectivity index (χ3v) is 5.21. The Morgan fingerprint density at radius 1 is 1.06 bits per heavy atom. The Morgan fingerprint density at radius 3 is 2.39 bits per heavy atom. The first-order chi connectivity index (χ1) is 8.75. The zero-order valence-corrected chi connectivity index (χ0v) is 12.5. The highest BCUT2D eigenvalue weighted by atomic mass is 15.1. The molecule has 2 fully saturated rings. The first-order valence-corrected chi connectivity index (χ1v) is 8.17. The zero-order chi connectivity index (χ0) is 12.8. The van der Waals surface area contributed by atoms with Crippen LogP contribution in [0.15, 0.2) is 0 Å². The predicted molar refractivity (Wildman–Crippen MR) is 78.9 cm³/mol. The van der Waals surface area contributed by atoms with Crippen molar-refractivity contribution in [3.63, 3.8) is 0 Å². The van der Waals surface area contributed by atoms with Gasteiger partial charge < -0.3 is 10.2 Å². The molecule has 0 radical (unpaired) electrons. The third kappa shape index (κ3) is 4.55. The van der Waals surface area contributed by atoms with Crippen molar-refractivity contribution in [2.45, 2.75) is 64.3 Å². The third-order valence-electron chi connectivity index (χ3n) is 5.21. The molecule has 0 bridgehead atoms. The van der Waals surface area contributed by atoms with Crippen molar-refractivity contribution in [3.8, 4) is 0 Å². The van der Waals surface area contributed by atoms with Crippen LogP contribution in [-0.4, -0.2) is 37.6 Å². The van der Waals surface area contributed by atoms with E-state index in [9.17, 15) is 0 Å². The smallest absolute Gasteiger partial charge is 0.00679 e. The van der Waals surface area contributed by atoms with Crippen molar-refractivity contribution in [2.75, 3.05) is 26.7 Å². The van der Waals surface area contributed by atoms with Crippen LogP contribution >= 0.6 is 0 Å². The topological polar surface area (TPSA) is 15.3 Å². The van der Waals surface area contributed by atoms with Crippen LogP contribution in [-0.2, 0) is 0 Å². The molecule has 1 N–H and O–H groups in total. The number of piperidine rings is 1. The molecule has 1 saturated heterocycles. The Hall–Kier alpha value is -0.0800. The van der Waals surface area contributed by atoms with E-state index in [1.807, 2.05) is 0 Å². The van der Waals surface area contributed by atoms with Crippen LogP contribution < -0.4 is 5.32 Å². The summed E-state index contributed by atoms with van der Waals surface area (Å²) < 4.78 is 0. The molecule has 1 saturated carbocycles. The van der Waals surface area contributed by atoms with E-state index in [0.29, 0.717) is 0 Å². The van der Waals surface area contributed by atoms with Crippen molar-refractivity contribution >= 4 is 0 Å².